The zero-order valence-electron chi connectivity index (χ0n) is 12.1. The minimum atomic E-state index is -0.0523. The van der Waals surface area contributed by atoms with E-state index in [9.17, 15) is 9.59 Å². The molecule has 8 heteroatoms. The average molecular weight is 303 g/mol. The summed E-state index contributed by atoms with van der Waals surface area (Å²) in [5.74, 6) is 0.0226. The Hall–Kier alpha value is -2.64. The number of hydrogen-bond acceptors (Lipinski definition) is 5. The zero-order chi connectivity index (χ0) is 15.4. The molecule has 8 nitrogen and oxygen atoms in total. The summed E-state index contributed by atoms with van der Waals surface area (Å²) in [6.45, 7) is 2.71. The van der Waals surface area contributed by atoms with Crippen molar-refractivity contribution < 1.29 is 14.0 Å². The predicted octanol–water partition coefficient (Wildman–Crippen LogP) is 0.246. The highest BCUT2D eigenvalue weighted by atomic mass is 16.3. The molecule has 0 bridgehead atoms. The Balaban J connectivity index is 1.47. The summed E-state index contributed by atoms with van der Waals surface area (Å²) < 4.78 is 6.56. The van der Waals surface area contributed by atoms with E-state index >= 15 is 0 Å². The summed E-state index contributed by atoms with van der Waals surface area (Å²) in [6.07, 6.45) is 6.35. The topological polar surface area (TPSA) is 84.5 Å². The van der Waals surface area contributed by atoms with Crippen LogP contribution in [0.25, 0.3) is 0 Å². The summed E-state index contributed by atoms with van der Waals surface area (Å²) >= 11 is 0. The van der Waals surface area contributed by atoms with Crippen LogP contribution in [0.1, 0.15) is 16.8 Å². The quantitative estimate of drug-likeness (QED) is 0.808. The number of amides is 2. The highest BCUT2D eigenvalue weighted by molar-refractivity contribution is 5.94. The van der Waals surface area contributed by atoms with E-state index in [4.69, 9.17) is 4.42 Å². The average Bonchev–Trinajstić information content (AvgIpc) is 3.25. The normalized spacial score (nSPS) is 15.1. The van der Waals surface area contributed by atoms with Gasteiger partial charge in [0.25, 0.3) is 5.91 Å². The van der Waals surface area contributed by atoms with E-state index in [1.807, 2.05) is 0 Å². The smallest absolute Gasteiger partial charge is 0.257 e. The maximum atomic E-state index is 12.2. The summed E-state index contributed by atoms with van der Waals surface area (Å²) in [5.41, 5.74) is 0.547. The van der Waals surface area contributed by atoms with Crippen LogP contribution < -0.4 is 0 Å². The van der Waals surface area contributed by atoms with Gasteiger partial charge in [-0.3, -0.25) is 14.3 Å². The first-order chi connectivity index (χ1) is 10.7. The lowest BCUT2D eigenvalue weighted by Gasteiger charge is -2.34. The molecule has 1 aliphatic heterocycles. The number of hydrogen-bond donors (Lipinski definition) is 0. The van der Waals surface area contributed by atoms with Gasteiger partial charge in [-0.05, 0) is 6.07 Å². The third kappa shape index (κ3) is 3.16. The van der Waals surface area contributed by atoms with Crippen LogP contribution in [0, 0.1) is 0 Å². The fourth-order valence-electron chi connectivity index (χ4n) is 2.44. The van der Waals surface area contributed by atoms with Crippen molar-refractivity contribution in [3.63, 3.8) is 0 Å². The number of piperazine rings is 1. The molecule has 2 aromatic heterocycles. The molecule has 116 valence electrons. The van der Waals surface area contributed by atoms with Crippen molar-refractivity contribution in [1.82, 2.24) is 24.6 Å². The Morgan fingerprint density at radius 2 is 1.95 bits per heavy atom. The van der Waals surface area contributed by atoms with Gasteiger partial charge in [0.05, 0.1) is 18.4 Å². The minimum absolute atomic E-state index is 0.0523. The third-order valence-corrected chi connectivity index (χ3v) is 3.71. The fourth-order valence-corrected chi connectivity index (χ4v) is 2.44. The first kappa shape index (κ1) is 14.3. The Kier molecular flexibility index (Phi) is 4.17. The number of carbonyl (C=O) groups is 2. The Morgan fingerprint density at radius 3 is 2.59 bits per heavy atom. The van der Waals surface area contributed by atoms with Gasteiger partial charge in [-0.15, -0.1) is 0 Å². The molecule has 2 aromatic rings. The van der Waals surface area contributed by atoms with E-state index in [-0.39, 0.29) is 11.8 Å². The summed E-state index contributed by atoms with van der Waals surface area (Å²) in [6, 6.07) is 1.65. The molecule has 2 amide bonds. The summed E-state index contributed by atoms with van der Waals surface area (Å²) in [5, 5.41) is 3.97. The molecule has 1 aliphatic rings. The second-order valence-corrected chi connectivity index (χ2v) is 5.09. The van der Waals surface area contributed by atoms with Crippen LogP contribution in [0.4, 0.5) is 0 Å². The van der Waals surface area contributed by atoms with Gasteiger partial charge in [-0.2, -0.15) is 5.10 Å². The van der Waals surface area contributed by atoms with Crippen LogP contribution in [0.5, 0.6) is 0 Å². The molecule has 0 aromatic carbocycles. The van der Waals surface area contributed by atoms with E-state index in [1.54, 1.807) is 26.9 Å². The van der Waals surface area contributed by atoms with E-state index in [2.05, 4.69) is 10.1 Å². The zero-order valence-corrected chi connectivity index (χ0v) is 12.1. The molecule has 0 radical (unpaired) electrons. The first-order valence-corrected chi connectivity index (χ1v) is 7.16. The standard InChI is InChI=1S/C14H17N5O3/c20-13(1-3-19-11-15-10-16-19)17-4-6-18(7-5-17)14(21)12-2-8-22-9-12/h2,8-11H,1,3-7H2. The van der Waals surface area contributed by atoms with Crippen LogP contribution in [-0.4, -0.2) is 62.6 Å². The minimum Gasteiger partial charge on any atom is -0.472 e. The second-order valence-electron chi connectivity index (χ2n) is 5.09. The molecule has 0 N–H and O–H groups in total. The number of nitrogens with zero attached hydrogens (tertiary/aromatic N) is 5. The van der Waals surface area contributed by atoms with Gasteiger partial charge in [0.2, 0.25) is 5.91 Å². The van der Waals surface area contributed by atoms with Crippen molar-refractivity contribution in [1.29, 1.82) is 0 Å². The molecule has 3 rings (SSSR count). The molecule has 22 heavy (non-hydrogen) atoms. The number of furan rings is 1. The van der Waals surface area contributed by atoms with Crippen molar-refractivity contribution >= 4 is 11.8 Å². The largest absolute Gasteiger partial charge is 0.472 e. The van der Waals surface area contributed by atoms with Gasteiger partial charge in [-0.25, -0.2) is 4.98 Å². The maximum Gasteiger partial charge on any atom is 0.257 e. The van der Waals surface area contributed by atoms with Gasteiger partial charge in [0, 0.05) is 32.6 Å². The van der Waals surface area contributed by atoms with E-state index in [0.29, 0.717) is 44.7 Å². The second kappa shape index (κ2) is 6.42. The van der Waals surface area contributed by atoms with E-state index in [0.717, 1.165) is 0 Å². The molecular formula is C14H17N5O3. The SMILES string of the molecule is O=C(CCn1cncn1)N1CCN(C(=O)c2ccoc2)CC1. The molecule has 3 heterocycles. The number of aryl methyl sites for hydroxylation is 1. The maximum absolute atomic E-state index is 12.2. The monoisotopic (exact) mass is 303 g/mol. The van der Waals surface area contributed by atoms with Crippen LogP contribution >= 0.6 is 0 Å². The lowest BCUT2D eigenvalue weighted by atomic mass is 10.2. The summed E-state index contributed by atoms with van der Waals surface area (Å²) in [7, 11) is 0. The molecule has 1 fully saturated rings. The Labute approximate surface area is 127 Å². The molecule has 0 saturated carbocycles. The lowest BCUT2D eigenvalue weighted by molar-refractivity contribution is -0.132. The predicted molar refractivity (Wildman–Crippen MR) is 75.8 cm³/mol. The van der Waals surface area contributed by atoms with Crippen LogP contribution in [-0.2, 0) is 11.3 Å². The van der Waals surface area contributed by atoms with Gasteiger partial charge in [0.15, 0.2) is 0 Å². The Bertz CT molecular complexity index is 615. The van der Waals surface area contributed by atoms with Crippen LogP contribution in [0.2, 0.25) is 0 Å². The lowest BCUT2D eigenvalue weighted by Crippen LogP contribution is -2.50. The van der Waals surface area contributed by atoms with Gasteiger partial charge in [-0.1, -0.05) is 0 Å². The highest BCUT2D eigenvalue weighted by Gasteiger charge is 2.25. The molecule has 0 unspecified atom stereocenters. The van der Waals surface area contributed by atoms with Crippen molar-refractivity contribution in [3.8, 4) is 0 Å². The van der Waals surface area contributed by atoms with Crippen molar-refractivity contribution in [3.05, 3.63) is 36.8 Å². The van der Waals surface area contributed by atoms with Gasteiger partial charge in [0.1, 0.15) is 18.9 Å². The van der Waals surface area contributed by atoms with E-state index in [1.165, 1.54) is 18.9 Å². The molecule has 0 atom stereocenters. The van der Waals surface area contributed by atoms with E-state index < -0.39 is 0 Å². The number of rotatable bonds is 4. The first-order valence-electron chi connectivity index (χ1n) is 7.16. The third-order valence-electron chi connectivity index (χ3n) is 3.71. The number of carbonyl (C=O) groups excluding carboxylic acids is 2. The van der Waals surface area contributed by atoms with Gasteiger partial charge < -0.3 is 14.2 Å². The van der Waals surface area contributed by atoms with Crippen LogP contribution in [0.3, 0.4) is 0 Å². The fraction of sp³-hybridized carbons (Fsp3) is 0.429. The number of aromatic nitrogens is 3. The molecule has 0 spiro atoms. The molecule has 0 aliphatic carbocycles. The molecule has 1 saturated heterocycles. The Morgan fingerprint density at radius 1 is 1.18 bits per heavy atom. The molecular weight excluding hydrogens is 286 g/mol. The summed E-state index contributed by atoms with van der Waals surface area (Å²) in [4.78, 5) is 31.7. The highest BCUT2D eigenvalue weighted by Crippen LogP contribution is 2.10. The van der Waals surface area contributed by atoms with Gasteiger partial charge >= 0.3 is 0 Å². The van der Waals surface area contributed by atoms with Crippen molar-refractivity contribution in [2.45, 2.75) is 13.0 Å². The van der Waals surface area contributed by atoms with Crippen molar-refractivity contribution in [2.75, 3.05) is 26.2 Å². The van der Waals surface area contributed by atoms with Crippen molar-refractivity contribution in [2.24, 2.45) is 0 Å². The van der Waals surface area contributed by atoms with Crippen LogP contribution in [0.15, 0.2) is 35.7 Å².